The second-order valence-corrected chi connectivity index (χ2v) is 6.06. The molecule has 2 amide bonds. The predicted octanol–water partition coefficient (Wildman–Crippen LogP) is 1.57. The van der Waals surface area contributed by atoms with E-state index in [0.717, 1.165) is 17.7 Å². The lowest BCUT2D eigenvalue weighted by Crippen LogP contribution is -2.46. The van der Waals surface area contributed by atoms with Gasteiger partial charge in [-0.15, -0.1) is 11.3 Å². The Morgan fingerprint density at radius 2 is 2.09 bits per heavy atom. The molecule has 1 aliphatic rings. The number of thiophene rings is 1. The molecule has 3 heterocycles. The fraction of sp³-hybridized carbons (Fsp3) is 0.333. The van der Waals surface area contributed by atoms with Crippen LogP contribution in [0.25, 0.3) is 0 Å². The Balaban J connectivity index is 1.52. The Labute approximate surface area is 132 Å². The van der Waals surface area contributed by atoms with Crippen LogP contribution in [0, 0.1) is 0 Å². The zero-order valence-corrected chi connectivity index (χ0v) is 12.8. The molecule has 0 saturated carbocycles. The smallest absolute Gasteiger partial charge is 0.274 e. The van der Waals surface area contributed by atoms with Crippen LogP contribution in [0.4, 0.5) is 0 Å². The summed E-state index contributed by atoms with van der Waals surface area (Å²) < 4.78 is 0. The fourth-order valence-corrected chi connectivity index (χ4v) is 3.09. The molecule has 0 bridgehead atoms. The van der Waals surface area contributed by atoms with Gasteiger partial charge in [-0.05, 0) is 24.3 Å². The van der Waals surface area contributed by atoms with Crippen molar-refractivity contribution in [3.05, 3.63) is 46.7 Å². The number of likely N-dealkylation sites (tertiary alicyclic amines) is 1. The van der Waals surface area contributed by atoms with Gasteiger partial charge in [-0.2, -0.15) is 0 Å². The molecule has 1 fully saturated rings. The highest BCUT2D eigenvalue weighted by atomic mass is 32.1. The van der Waals surface area contributed by atoms with E-state index < -0.39 is 0 Å². The van der Waals surface area contributed by atoms with Gasteiger partial charge < -0.3 is 10.2 Å². The van der Waals surface area contributed by atoms with Gasteiger partial charge in [-0.25, -0.2) is 4.98 Å². The third-order valence-corrected chi connectivity index (χ3v) is 4.51. The normalized spacial score (nSPS) is 15.5. The van der Waals surface area contributed by atoms with Crippen LogP contribution in [0.2, 0.25) is 0 Å². The summed E-state index contributed by atoms with van der Waals surface area (Å²) in [7, 11) is 0. The zero-order valence-electron chi connectivity index (χ0n) is 11.9. The maximum absolute atomic E-state index is 12.3. The van der Waals surface area contributed by atoms with E-state index in [4.69, 9.17) is 0 Å². The first-order valence-corrected chi connectivity index (χ1v) is 8.01. The van der Waals surface area contributed by atoms with Crippen molar-refractivity contribution in [2.75, 3.05) is 13.1 Å². The lowest BCUT2D eigenvalue weighted by molar-refractivity contribution is 0.0692. The molecule has 0 aliphatic carbocycles. The van der Waals surface area contributed by atoms with E-state index in [2.05, 4.69) is 15.3 Å². The van der Waals surface area contributed by atoms with Crippen molar-refractivity contribution in [1.82, 2.24) is 20.2 Å². The van der Waals surface area contributed by atoms with Gasteiger partial charge in [0.05, 0.1) is 11.1 Å². The molecule has 6 nitrogen and oxygen atoms in total. The second kappa shape index (κ2) is 6.65. The Morgan fingerprint density at radius 3 is 2.73 bits per heavy atom. The number of carbonyl (C=O) groups is 2. The van der Waals surface area contributed by atoms with Crippen LogP contribution in [0.5, 0.6) is 0 Å². The number of carbonyl (C=O) groups excluding carboxylic acids is 2. The lowest BCUT2D eigenvalue weighted by atomic mass is 10.0. The molecule has 0 atom stereocenters. The summed E-state index contributed by atoms with van der Waals surface area (Å²) in [5.41, 5.74) is 0.364. The summed E-state index contributed by atoms with van der Waals surface area (Å²) in [6.45, 7) is 1.23. The third-order valence-electron chi connectivity index (χ3n) is 3.64. The van der Waals surface area contributed by atoms with Crippen molar-refractivity contribution in [3.63, 3.8) is 0 Å². The SMILES string of the molecule is O=C(NC1CCN(C(=O)c2cnccn2)CC1)c1cccs1. The highest BCUT2D eigenvalue weighted by molar-refractivity contribution is 7.12. The largest absolute Gasteiger partial charge is 0.348 e. The number of nitrogens with one attached hydrogen (secondary N) is 1. The minimum absolute atomic E-state index is 0.0336. The average molecular weight is 316 g/mol. The third kappa shape index (κ3) is 3.30. The topological polar surface area (TPSA) is 75.2 Å². The number of rotatable bonds is 3. The quantitative estimate of drug-likeness (QED) is 0.933. The van der Waals surface area contributed by atoms with Gasteiger partial charge in [-0.3, -0.25) is 14.6 Å². The molecule has 0 aromatic carbocycles. The van der Waals surface area contributed by atoms with Crippen molar-refractivity contribution in [2.45, 2.75) is 18.9 Å². The summed E-state index contributed by atoms with van der Waals surface area (Å²) in [6, 6.07) is 3.79. The summed E-state index contributed by atoms with van der Waals surface area (Å²) in [5.74, 6) is -0.134. The molecular weight excluding hydrogens is 300 g/mol. The number of amides is 2. The first-order chi connectivity index (χ1) is 10.7. The number of piperidine rings is 1. The standard InChI is InChI=1S/C15H16N4O2S/c20-14(13-2-1-9-22-13)18-11-3-7-19(8-4-11)15(21)12-10-16-5-6-17-12/h1-2,5-6,9-11H,3-4,7-8H2,(H,18,20). The lowest BCUT2D eigenvalue weighted by Gasteiger charge is -2.32. The van der Waals surface area contributed by atoms with E-state index in [9.17, 15) is 9.59 Å². The monoisotopic (exact) mass is 316 g/mol. The van der Waals surface area contributed by atoms with Gasteiger partial charge in [0.2, 0.25) is 0 Å². The summed E-state index contributed by atoms with van der Waals surface area (Å²) >= 11 is 1.43. The van der Waals surface area contributed by atoms with Crippen LogP contribution < -0.4 is 5.32 Å². The molecule has 22 heavy (non-hydrogen) atoms. The Morgan fingerprint density at radius 1 is 1.27 bits per heavy atom. The van der Waals surface area contributed by atoms with E-state index in [-0.39, 0.29) is 17.9 Å². The van der Waals surface area contributed by atoms with Gasteiger partial charge in [0.1, 0.15) is 5.69 Å². The van der Waals surface area contributed by atoms with Crippen LogP contribution in [-0.4, -0.2) is 45.8 Å². The van der Waals surface area contributed by atoms with Crippen molar-refractivity contribution in [2.24, 2.45) is 0 Å². The zero-order chi connectivity index (χ0) is 15.4. The van der Waals surface area contributed by atoms with Gasteiger partial charge in [-0.1, -0.05) is 6.07 Å². The highest BCUT2D eigenvalue weighted by Gasteiger charge is 2.25. The molecule has 1 N–H and O–H groups in total. The fourth-order valence-electron chi connectivity index (χ4n) is 2.46. The van der Waals surface area contributed by atoms with Crippen LogP contribution in [-0.2, 0) is 0 Å². The van der Waals surface area contributed by atoms with Crippen molar-refractivity contribution >= 4 is 23.2 Å². The minimum Gasteiger partial charge on any atom is -0.348 e. The predicted molar refractivity (Wildman–Crippen MR) is 82.7 cm³/mol. The van der Waals surface area contributed by atoms with E-state index in [1.165, 1.54) is 23.7 Å². The maximum atomic E-state index is 12.3. The van der Waals surface area contributed by atoms with Gasteiger partial charge >= 0.3 is 0 Å². The minimum atomic E-state index is -0.101. The number of hydrogen-bond acceptors (Lipinski definition) is 5. The van der Waals surface area contributed by atoms with Gasteiger partial charge in [0.15, 0.2) is 0 Å². The van der Waals surface area contributed by atoms with Crippen molar-refractivity contribution in [3.8, 4) is 0 Å². The molecule has 0 radical (unpaired) electrons. The highest BCUT2D eigenvalue weighted by Crippen LogP contribution is 2.15. The molecule has 0 unspecified atom stereocenters. The Kier molecular flexibility index (Phi) is 4.43. The molecule has 1 aliphatic heterocycles. The van der Waals surface area contributed by atoms with Crippen LogP contribution in [0.1, 0.15) is 33.0 Å². The van der Waals surface area contributed by atoms with Crippen molar-refractivity contribution < 1.29 is 9.59 Å². The number of aromatic nitrogens is 2. The summed E-state index contributed by atoms with van der Waals surface area (Å²) in [4.78, 5) is 34.7. The van der Waals surface area contributed by atoms with Gasteiger partial charge in [0.25, 0.3) is 11.8 Å². The van der Waals surface area contributed by atoms with Crippen LogP contribution in [0.15, 0.2) is 36.1 Å². The van der Waals surface area contributed by atoms with E-state index in [0.29, 0.717) is 18.8 Å². The van der Waals surface area contributed by atoms with Crippen molar-refractivity contribution in [1.29, 1.82) is 0 Å². The summed E-state index contributed by atoms with van der Waals surface area (Å²) in [5, 5.41) is 4.91. The molecule has 2 aromatic heterocycles. The Hall–Kier alpha value is -2.28. The van der Waals surface area contributed by atoms with Crippen LogP contribution >= 0.6 is 11.3 Å². The number of hydrogen-bond donors (Lipinski definition) is 1. The van der Waals surface area contributed by atoms with Gasteiger partial charge in [0, 0.05) is 31.5 Å². The molecule has 0 spiro atoms. The maximum Gasteiger partial charge on any atom is 0.274 e. The molecule has 3 rings (SSSR count). The van der Waals surface area contributed by atoms with Crippen LogP contribution in [0.3, 0.4) is 0 Å². The average Bonchev–Trinajstić information content (AvgIpc) is 3.10. The summed E-state index contributed by atoms with van der Waals surface area (Å²) in [6.07, 6.45) is 6.05. The van der Waals surface area contributed by atoms with E-state index in [1.807, 2.05) is 17.5 Å². The first kappa shape index (κ1) is 14.6. The number of nitrogens with zero attached hydrogens (tertiary/aromatic N) is 3. The first-order valence-electron chi connectivity index (χ1n) is 7.13. The second-order valence-electron chi connectivity index (χ2n) is 5.11. The Bertz CT molecular complexity index is 637. The molecule has 1 saturated heterocycles. The van der Waals surface area contributed by atoms with E-state index in [1.54, 1.807) is 11.1 Å². The molecular formula is C15H16N4O2S. The van der Waals surface area contributed by atoms with E-state index >= 15 is 0 Å². The molecule has 7 heteroatoms. The molecule has 2 aromatic rings. The molecule has 114 valence electrons.